The van der Waals surface area contributed by atoms with Crippen molar-refractivity contribution in [1.29, 1.82) is 0 Å². The summed E-state index contributed by atoms with van der Waals surface area (Å²) < 4.78 is 15.8. The second-order valence-corrected chi connectivity index (χ2v) is 4.53. The van der Waals surface area contributed by atoms with Crippen LogP contribution in [0.15, 0.2) is 42.5 Å². The molecule has 0 aromatic heterocycles. The molecule has 2 rings (SSSR count). The topological polar surface area (TPSA) is 73.9 Å². The van der Waals surface area contributed by atoms with Gasteiger partial charge in [0.05, 0.1) is 12.7 Å². The molecule has 0 aliphatic carbocycles. The number of nitrogen functional groups attached to an aromatic ring is 1. The molecule has 2 aromatic carbocycles. The molecule has 0 spiro atoms. The smallest absolute Gasteiger partial charge is 0.184 e. The van der Waals surface area contributed by atoms with Gasteiger partial charge in [0.1, 0.15) is 18.1 Å². The minimum Gasteiger partial charge on any atom is -0.496 e. The van der Waals surface area contributed by atoms with Gasteiger partial charge in [-0.05, 0) is 35.9 Å². The van der Waals surface area contributed by atoms with Gasteiger partial charge in [0.2, 0.25) is 0 Å². The van der Waals surface area contributed by atoms with Gasteiger partial charge in [-0.25, -0.2) is 0 Å². The van der Waals surface area contributed by atoms with E-state index in [0.29, 0.717) is 29.4 Å². The number of hydrogen-bond donors (Lipinski definition) is 2. The van der Waals surface area contributed by atoms with Gasteiger partial charge < -0.3 is 25.1 Å². The van der Waals surface area contributed by atoms with Crippen LogP contribution in [0, 0.1) is 0 Å². The van der Waals surface area contributed by atoms with E-state index in [-0.39, 0.29) is 0 Å². The minimum atomic E-state index is -1.06. The van der Waals surface area contributed by atoms with E-state index in [2.05, 4.69) is 0 Å². The standard InChI is InChI=1S/C16H19NO4/c1-19-15-7-6-13(9-14(15)16(18)20-2)21-10-11-4-3-5-12(17)8-11/h3-9,16,18H,10,17H2,1-2H3. The maximum absolute atomic E-state index is 9.81. The Labute approximate surface area is 123 Å². The van der Waals surface area contributed by atoms with E-state index >= 15 is 0 Å². The minimum absolute atomic E-state index is 0.389. The summed E-state index contributed by atoms with van der Waals surface area (Å²) in [4.78, 5) is 0. The first-order chi connectivity index (χ1) is 10.1. The van der Waals surface area contributed by atoms with Gasteiger partial charge in [-0.1, -0.05) is 12.1 Å². The second kappa shape index (κ2) is 6.97. The molecule has 0 bridgehead atoms. The third-order valence-electron chi connectivity index (χ3n) is 3.05. The van der Waals surface area contributed by atoms with Crippen molar-refractivity contribution in [2.24, 2.45) is 0 Å². The molecule has 3 N–H and O–H groups in total. The van der Waals surface area contributed by atoms with E-state index in [1.165, 1.54) is 14.2 Å². The van der Waals surface area contributed by atoms with E-state index < -0.39 is 6.29 Å². The number of aliphatic hydroxyl groups is 1. The molecule has 5 nitrogen and oxygen atoms in total. The lowest BCUT2D eigenvalue weighted by atomic mass is 10.1. The number of nitrogens with two attached hydrogens (primary N) is 1. The van der Waals surface area contributed by atoms with Crippen LogP contribution in [-0.2, 0) is 11.3 Å². The van der Waals surface area contributed by atoms with Gasteiger partial charge in [-0.2, -0.15) is 0 Å². The Morgan fingerprint density at radius 2 is 1.95 bits per heavy atom. The average molecular weight is 289 g/mol. The lowest BCUT2D eigenvalue weighted by molar-refractivity contribution is -0.0782. The third-order valence-corrected chi connectivity index (χ3v) is 3.05. The molecule has 5 heteroatoms. The number of methoxy groups -OCH3 is 2. The van der Waals surface area contributed by atoms with Crippen molar-refractivity contribution in [2.75, 3.05) is 20.0 Å². The van der Waals surface area contributed by atoms with Gasteiger partial charge >= 0.3 is 0 Å². The highest BCUT2D eigenvalue weighted by molar-refractivity contribution is 5.42. The maximum atomic E-state index is 9.81. The number of aliphatic hydroxyl groups excluding tert-OH is 1. The van der Waals surface area contributed by atoms with Crippen molar-refractivity contribution in [3.63, 3.8) is 0 Å². The van der Waals surface area contributed by atoms with Gasteiger partial charge in [0, 0.05) is 12.8 Å². The molecule has 0 amide bonds. The predicted octanol–water partition coefficient (Wildman–Crippen LogP) is 2.49. The van der Waals surface area contributed by atoms with Crippen LogP contribution >= 0.6 is 0 Å². The number of benzene rings is 2. The van der Waals surface area contributed by atoms with E-state index in [4.69, 9.17) is 19.9 Å². The van der Waals surface area contributed by atoms with Crippen LogP contribution in [0.25, 0.3) is 0 Å². The lowest BCUT2D eigenvalue weighted by Gasteiger charge is -2.15. The molecule has 2 aromatic rings. The van der Waals surface area contributed by atoms with Gasteiger partial charge in [-0.3, -0.25) is 0 Å². The molecule has 0 saturated carbocycles. The van der Waals surface area contributed by atoms with Crippen molar-refractivity contribution in [3.05, 3.63) is 53.6 Å². The average Bonchev–Trinajstić information content (AvgIpc) is 2.52. The largest absolute Gasteiger partial charge is 0.496 e. The van der Waals surface area contributed by atoms with Crippen LogP contribution in [-0.4, -0.2) is 19.3 Å². The highest BCUT2D eigenvalue weighted by Crippen LogP contribution is 2.30. The van der Waals surface area contributed by atoms with Gasteiger partial charge in [0.25, 0.3) is 0 Å². The summed E-state index contributed by atoms with van der Waals surface area (Å²) in [6, 6.07) is 12.7. The van der Waals surface area contributed by atoms with Gasteiger partial charge in [0.15, 0.2) is 6.29 Å². The fourth-order valence-corrected chi connectivity index (χ4v) is 1.97. The first kappa shape index (κ1) is 15.2. The molecule has 0 radical (unpaired) electrons. The van der Waals surface area contributed by atoms with Crippen molar-refractivity contribution in [3.8, 4) is 11.5 Å². The molecule has 21 heavy (non-hydrogen) atoms. The van der Waals surface area contributed by atoms with Crippen molar-refractivity contribution < 1.29 is 19.3 Å². The van der Waals surface area contributed by atoms with Crippen LogP contribution in [0.4, 0.5) is 5.69 Å². The van der Waals surface area contributed by atoms with E-state index in [1.807, 2.05) is 24.3 Å². The zero-order valence-electron chi connectivity index (χ0n) is 12.1. The Morgan fingerprint density at radius 1 is 1.14 bits per heavy atom. The third kappa shape index (κ3) is 3.87. The Balaban J connectivity index is 2.13. The van der Waals surface area contributed by atoms with E-state index in [0.717, 1.165) is 5.56 Å². The second-order valence-electron chi connectivity index (χ2n) is 4.53. The summed E-state index contributed by atoms with van der Waals surface area (Å²) in [5, 5.41) is 9.81. The maximum Gasteiger partial charge on any atom is 0.184 e. The van der Waals surface area contributed by atoms with Crippen molar-refractivity contribution in [2.45, 2.75) is 12.9 Å². The number of hydrogen-bond acceptors (Lipinski definition) is 5. The molecule has 1 atom stereocenters. The van der Waals surface area contributed by atoms with Crippen LogP contribution in [0.2, 0.25) is 0 Å². The van der Waals surface area contributed by atoms with Crippen molar-refractivity contribution in [1.82, 2.24) is 0 Å². The Morgan fingerprint density at radius 3 is 2.62 bits per heavy atom. The molecule has 0 aliphatic heterocycles. The summed E-state index contributed by atoms with van der Waals surface area (Å²) in [7, 11) is 2.96. The molecule has 0 aliphatic rings. The Hall–Kier alpha value is -2.24. The lowest BCUT2D eigenvalue weighted by Crippen LogP contribution is -2.04. The highest BCUT2D eigenvalue weighted by Gasteiger charge is 2.13. The van der Waals surface area contributed by atoms with E-state index in [9.17, 15) is 5.11 Å². The van der Waals surface area contributed by atoms with Gasteiger partial charge in [-0.15, -0.1) is 0 Å². The molecule has 0 heterocycles. The highest BCUT2D eigenvalue weighted by atomic mass is 16.6. The quantitative estimate of drug-likeness (QED) is 0.631. The Kier molecular flexibility index (Phi) is 5.03. The fraction of sp³-hybridized carbons (Fsp3) is 0.250. The van der Waals surface area contributed by atoms with E-state index in [1.54, 1.807) is 18.2 Å². The summed E-state index contributed by atoms with van der Waals surface area (Å²) in [6.45, 7) is 0.389. The normalized spacial score (nSPS) is 12.0. The Bertz CT molecular complexity index is 601. The summed E-state index contributed by atoms with van der Waals surface area (Å²) in [6.07, 6.45) is -1.06. The summed E-state index contributed by atoms with van der Waals surface area (Å²) in [5.41, 5.74) is 7.91. The van der Waals surface area contributed by atoms with Crippen LogP contribution in [0.5, 0.6) is 11.5 Å². The molecule has 0 fully saturated rings. The monoisotopic (exact) mass is 289 g/mol. The first-order valence-corrected chi connectivity index (χ1v) is 6.50. The van der Waals surface area contributed by atoms with Crippen LogP contribution in [0.1, 0.15) is 17.4 Å². The summed E-state index contributed by atoms with van der Waals surface area (Å²) in [5.74, 6) is 1.16. The number of rotatable bonds is 6. The summed E-state index contributed by atoms with van der Waals surface area (Å²) >= 11 is 0. The molecule has 0 saturated heterocycles. The molecular weight excluding hydrogens is 270 g/mol. The zero-order chi connectivity index (χ0) is 15.2. The van der Waals surface area contributed by atoms with Crippen LogP contribution < -0.4 is 15.2 Å². The predicted molar refractivity (Wildman–Crippen MR) is 80.1 cm³/mol. The SMILES string of the molecule is COc1ccc(OCc2cccc(N)c2)cc1C(O)OC. The zero-order valence-corrected chi connectivity index (χ0v) is 12.1. The van der Waals surface area contributed by atoms with Crippen LogP contribution in [0.3, 0.4) is 0 Å². The number of ether oxygens (including phenoxy) is 3. The molecule has 1 unspecified atom stereocenters. The number of anilines is 1. The molecule has 112 valence electrons. The molecular formula is C16H19NO4. The first-order valence-electron chi connectivity index (χ1n) is 6.50. The fourth-order valence-electron chi connectivity index (χ4n) is 1.97. The van der Waals surface area contributed by atoms with Crippen molar-refractivity contribution >= 4 is 5.69 Å².